The maximum atomic E-state index is 12.1. The summed E-state index contributed by atoms with van der Waals surface area (Å²) < 4.78 is 4.98. The maximum Gasteiger partial charge on any atom is 0.280 e. The van der Waals surface area contributed by atoms with Crippen molar-refractivity contribution in [3.63, 3.8) is 0 Å². The van der Waals surface area contributed by atoms with Crippen molar-refractivity contribution >= 4 is 11.8 Å². The summed E-state index contributed by atoms with van der Waals surface area (Å²) in [6.07, 6.45) is 2.15. The molecule has 2 amide bonds. The second kappa shape index (κ2) is 5.24. The number of rotatable bonds is 5. The van der Waals surface area contributed by atoms with Crippen LogP contribution in [0.2, 0.25) is 0 Å². The van der Waals surface area contributed by atoms with Gasteiger partial charge in [0.25, 0.3) is 11.8 Å². The van der Waals surface area contributed by atoms with Crippen LogP contribution in [0.15, 0.2) is 12.3 Å². The minimum Gasteiger partial charge on any atom is -0.380 e. The Kier molecular flexibility index (Phi) is 3.69. The number of fused-ring (bicyclic) bond motifs is 1. The van der Waals surface area contributed by atoms with Crippen LogP contribution < -0.4 is 5.73 Å². The standard InChI is InChI=1S/C12H15N3O3/c1-18-7-8-5-9-10(14-6-8)12(17)15(11(9)16)4-2-3-13/h5-6H,2-4,7,13H2,1H3. The molecule has 0 saturated carbocycles. The van der Waals surface area contributed by atoms with Gasteiger partial charge >= 0.3 is 0 Å². The molecule has 1 aromatic heterocycles. The molecule has 96 valence electrons. The van der Waals surface area contributed by atoms with Gasteiger partial charge < -0.3 is 10.5 Å². The Balaban J connectivity index is 2.27. The van der Waals surface area contributed by atoms with Crippen molar-refractivity contribution in [3.05, 3.63) is 29.1 Å². The quantitative estimate of drug-likeness (QED) is 0.752. The Labute approximate surface area is 105 Å². The van der Waals surface area contributed by atoms with Crippen LogP contribution in [-0.4, -0.2) is 41.9 Å². The van der Waals surface area contributed by atoms with Gasteiger partial charge in [0, 0.05) is 19.9 Å². The molecule has 6 heteroatoms. The predicted octanol–water partition coefficient (Wildman–Crippen LogP) is 0.173. The number of nitrogens with two attached hydrogens (primary N) is 1. The highest BCUT2D eigenvalue weighted by Gasteiger charge is 2.36. The lowest BCUT2D eigenvalue weighted by atomic mass is 10.1. The van der Waals surface area contributed by atoms with Gasteiger partial charge in [-0.15, -0.1) is 0 Å². The minimum absolute atomic E-state index is 0.219. The largest absolute Gasteiger partial charge is 0.380 e. The van der Waals surface area contributed by atoms with Crippen molar-refractivity contribution in [1.82, 2.24) is 9.88 Å². The van der Waals surface area contributed by atoms with Gasteiger partial charge in [-0.2, -0.15) is 0 Å². The maximum absolute atomic E-state index is 12.1. The third kappa shape index (κ3) is 2.12. The van der Waals surface area contributed by atoms with Crippen LogP contribution in [0.3, 0.4) is 0 Å². The van der Waals surface area contributed by atoms with Crippen molar-refractivity contribution in [2.75, 3.05) is 20.2 Å². The third-order valence-electron chi connectivity index (χ3n) is 2.76. The number of aromatic nitrogens is 1. The number of nitrogens with zero attached hydrogens (tertiary/aromatic N) is 2. The van der Waals surface area contributed by atoms with E-state index in [4.69, 9.17) is 10.5 Å². The SMILES string of the molecule is COCc1cnc2c(c1)C(=O)N(CCCN)C2=O. The van der Waals surface area contributed by atoms with E-state index in [1.54, 1.807) is 19.4 Å². The Hall–Kier alpha value is -1.79. The van der Waals surface area contributed by atoms with E-state index < -0.39 is 0 Å². The van der Waals surface area contributed by atoms with E-state index in [0.717, 1.165) is 5.56 Å². The molecular weight excluding hydrogens is 234 g/mol. The van der Waals surface area contributed by atoms with E-state index in [2.05, 4.69) is 4.98 Å². The van der Waals surface area contributed by atoms with Crippen LogP contribution in [0.25, 0.3) is 0 Å². The van der Waals surface area contributed by atoms with Crippen molar-refractivity contribution in [1.29, 1.82) is 0 Å². The first-order valence-electron chi connectivity index (χ1n) is 5.73. The van der Waals surface area contributed by atoms with E-state index in [1.165, 1.54) is 4.90 Å². The zero-order chi connectivity index (χ0) is 13.1. The molecule has 18 heavy (non-hydrogen) atoms. The normalized spacial score (nSPS) is 14.2. The van der Waals surface area contributed by atoms with Crippen molar-refractivity contribution in [3.8, 4) is 0 Å². The molecule has 0 saturated heterocycles. The molecule has 0 fully saturated rings. The molecule has 0 aliphatic carbocycles. The predicted molar refractivity (Wildman–Crippen MR) is 64.0 cm³/mol. The molecule has 1 aromatic rings. The molecule has 0 spiro atoms. The molecule has 2 N–H and O–H groups in total. The van der Waals surface area contributed by atoms with Crippen LogP contribution in [0.5, 0.6) is 0 Å². The first-order chi connectivity index (χ1) is 8.69. The molecule has 0 unspecified atom stereocenters. The highest BCUT2D eigenvalue weighted by atomic mass is 16.5. The Morgan fingerprint density at radius 1 is 1.39 bits per heavy atom. The summed E-state index contributed by atoms with van der Waals surface area (Å²) in [5.41, 5.74) is 6.73. The van der Waals surface area contributed by atoms with Crippen molar-refractivity contribution < 1.29 is 14.3 Å². The van der Waals surface area contributed by atoms with Crippen LogP contribution in [0, 0.1) is 0 Å². The zero-order valence-electron chi connectivity index (χ0n) is 10.2. The highest BCUT2D eigenvalue weighted by Crippen LogP contribution is 2.22. The zero-order valence-corrected chi connectivity index (χ0v) is 10.2. The number of methoxy groups -OCH3 is 1. The van der Waals surface area contributed by atoms with Crippen LogP contribution in [0.1, 0.15) is 32.8 Å². The van der Waals surface area contributed by atoms with Crippen molar-refractivity contribution in [2.45, 2.75) is 13.0 Å². The highest BCUT2D eigenvalue weighted by molar-refractivity contribution is 6.20. The molecule has 6 nitrogen and oxygen atoms in total. The topological polar surface area (TPSA) is 85.5 Å². The summed E-state index contributed by atoms with van der Waals surface area (Å²) in [4.78, 5) is 29.2. The molecule has 1 aliphatic heterocycles. The Morgan fingerprint density at radius 2 is 2.17 bits per heavy atom. The molecule has 0 atom stereocenters. The van der Waals surface area contributed by atoms with Gasteiger partial charge in [0.05, 0.1) is 12.2 Å². The van der Waals surface area contributed by atoms with E-state index in [1.807, 2.05) is 0 Å². The van der Waals surface area contributed by atoms with Gasteiger partial charge in [-0.1, -0.05) is 0 Å². The molecule has 0 bridgehead atoms. The Bertz CT molecular complexity index is 487. The summed E-state index contributed by atoms with van der Waals surface area (Å²) in [7, 11) is 1.56. The van der Waals surface area contributed by atoms with Crippen LogP contribution >= 0.6 is 0 Å². The monoisotopic (exact) mass is 249 g/mol. The van der Waals surface area contributed by atoms with Gasteiger partial charge in [0.2, 0.25) is 0 Å². The van der Waals surface area contributed by atoms with Gasteiger partial charge in [-0.25, -0.2) is 4.98 Å². The molecular formula is C12H15N3O3. The number of hydrogen-bond donors (Lipinski definition) is 1. The van der Waals surface area contributed by atoms with E-state index >= 15 is 0 Å². The average molecular weight is 249 g/mol. The van der Waals surface area contributed by atoms with E-state index in [9.17, 15) is 9.59 Å². The number of ether oxygens (including phenoxy) is 1. The number of hydrogen-bond acceptors (Lipinski definition) is 5. The first kappa shape index (κ1) is 12.7. The van der Waals surface area contributed by atoms with Crippen LogP contribution in [0.4, 0.5) is 0 Å². The van der Waals surface area contributed by atoms with E-state index in [0.29, 0.717) is 31.7 Å². The molecule has 0 aromatic carbocycles. The second-order valence-electron chi connectivity index (χ2n) is 4.08. The summed E-state index contributed by atoms with van der Waals surface area (Å²) >= 11 is 0. The Morgan fingerprint density at radius 3 is 2.83 bits per heavy atom. The lowest BCUT2D eigenvalue weighted by Crippen LogP contribution is -2.31. The van der Waals surface area contributed by atoms with E-state index in [-0.39, 0.29) is 17.5 Å². The fourth-order valence-corrected chi connectivity index (χ4v) is 1.91. The molecule has 2 heterocycles. The molecule has 0 radical (unpaired) electrons. The van der Waals surface area contributed by atoms with Gasteiger partial charge in [0.1, 0.15) is 5.69 Å². The number of carbonyl (C=O) groups excluding carboxylic acids is 2. The fraction of sp³-hybridized carbons (Fsp3) is 0.417. The van der Waals surface area contributed by atoms with Crippen LogP contribution in [-0.2, 0) is 11.3 Å². The molecule has 1 aliphatic rings. The van der Waals surface area contributed by atoms with Gasteiger partial charge in [-0.3, -0.25) is 14.5 Å². The van der Waals surface area contributed by atoms with Gasteiger partial charge in [0.15, 0.2) is 0 Å². The third-order valence-corrected chi connectivity index (χ3v) is 2.76. The number of carbonyl (C=O) groups is 2. The lowest BCUT2D eigenvalue weighted by molar-refractivity contribution is 0.0651. The lowest BCUT2D eigenvalue weighted by Gasteiger charge is -2.11. The fourth-order valence-electron chi connectivity index (χ4n) is 1.91. The van der Waals surface area contributed by atoms with Crippen molar-refractivity contribution in [2.24, 2.45) is 5.73 Å². The minimum atomic E-state index is -0.340. The average Bonchev–Trinajstić information content (AvgIpc) is 2.60. The smallest absolute Gasteiger partial charge is 0.280 e. The summed E-state index contributed by atoms with van der Waals surface area (Å²) in [6.45, 7) is 1.14. The molecule has 2 rings (SSSR count). The second-order valence-corrected chi connectivity index (χ2v) is 4.08. The van der Waals surface area contributed by atoms with Gasteiger partial charge in [-0.05, 0) is 24.6 Å². The number of pyridine rings is 1. The number of imide groups is 1. The first-order valence-corrected chi connectivity index (χ1v) is 5.73. The summed E-state index contributed by atoms with van der Waals surface area (Å²) in [5, 5.41) is 0. The summed E-state index contributed by atoms with van der Waals surface area (Å²) in [6, 6.07) is 1.66. The summed E-state index contributed by atoms with van der Waals surface area (Å²) in [5.74, 6) is -0.638. The number of amides is 2.